The topological polar surface area (TPSA) is 59.8 Å². The smallest absolute Gasteiger partial charge is 0.256 e. The number of hydrogen-bond donors (Lipinski definition) is 1. The third kappa shape index (κ3) is 3.17. The van der Waals surface area contributed by atoms with Gasteiger partial charge in [0.25, 0.3) is 5.91 Å². The summed E-state index contributed by atoms with van der Waals surface area (Å²) in [6.45, 7) is 2.59. The summed E-state index contributed by atoms with van der Waals surface area (Å²) in [5, 5.41) is 7.59. The standard InChI is InChI=1S/C21H17FN4O/c1-2-26-20-16(13-23-26)15(12-19(24-20)14-8-4-3-5-9-14)21(27)25-18-11-7-6-10-17(18)22/h3-13H,2H2,1H3,(H,25,27). The van der Waals surface area contributed by atoms with E-state index in [2.05, 4.69) is 10.4 Å². The number of aryl methyl sites for hydroxylation is 1. The van der Waals surface area contributed by atoms with Gasteiger partial charge in [0.15, 0.2) is 5.65 Å². The van der Waals surface area contributed by atoms with Crippen LogP contribution in [0.15, 0.2) is 66.9 Å². The molecule has 2 heterocycles. The Balaban J connectivity index is 1.84. The molecule has 27 heavy (non-hydrogen) atoms. The number of pyridine rings is 1. The van der Waals surface area contributed by atoms with Gasteiger partial charge in [0.2, 0.25) is 0 Å². The van der Waals surface area contributed by atoms with Crippen molar-refractivity contribution in [1.29, 1.82) is 0 Å². The molecule has 1 amide bonds. The molecule has 5 nitrogen and oxygen atoms in total. The molecule has 0 saturated carbocycles. The Morgan fingerprint density at radius 2 is 1.85 bits per heavy atom. The van der Waals surface area contributed by atoms with Gasteiger partial charge in [-0.1, -0.05) is 42.5 Å². The Morgan fingerprint density at radius 1 is 1.11 bits per heavy atom. The molecule has 0 bridgehead atoms. The highest BCUT2D eigenvalue weighted by Gasteiger charge is 2.18. The largest absolute Gasteiger partial charge is 0.319 e. The van der Waals surface area contributed by atoms with E-state index >= 15 is 0 Å². The minimum absolute atomic E-state index is 0.136. The number of rotatable bonds is 4. The number of benzene rings is 2. The molecule has 2 aromatic heterocycles. The molecule has 1 N–H and O–H groups in total. The lowest BCUT2D eigenvalue weighted by atomic mass is 10.1. The Kier molecular flexibility index (Phi) is 4.38. The van der Waals surface area contributed by atoms with Crippen molar-refractivity contribution in [3.8, 4) is 11.3 Å². The van der Waals surface area contributed by atoms with Gasteiger partial charge in [-0.15, -0.1) is 0 Å². The Labute approximate surface area is 155 Å². The number of carbonyl (C=O) groups is 1. The number of nitrogens with one attached hydrogen (secondary N) is 1. The summed E-state index contributed by atoms with van der Waals surface area (Å²) in [6, 6.07) is 17.4. The molecule has 0 unspecified atom stereocenters. The lowest BCUT2D eigenvalue weighted by molar-refractivity contribution is 0.102. The summed E-state index contributed by atoms with van der Waals surface area (Å²) < 4.78 is 15.7. The van der Waals surface area contributed by atoms with Crippen molar-refractivity contribution in [2.45, 2.75) is 13.5 Å². The lowest BCUT2D eigenvalue weighted by Gasteiger charge is -2.10. The van der Waals surface area contributed by atoms with Crippen molar-refractivity contribution in [3.05, 3.63) is 78.2 Å². The second-order valence-electron chi connectivity index (χ2n) is 6.05. The molecule has 0 fully saturated rings. The van der Waals surface area contributed by atoms with Gasteiger partial charge in [0, 0.05) is 12.1 Å². The monoisotopic (exact) mass is 360 g/mol. The highest BCUT2D eigenvalue weighted by atomic mass is 19.1. The van der Waals surface area contributed by atoms with Crippen LogP contribution in [0.4, 0.5) is 10.1 Å². The number of anilines is 1. The number of para-hydroxylation sites is 1. The predicted octanol–water partition coefficient (Wildman–Crippen LogP) is 4.51. The zero-order chi connectivity index (χ0) is 18.8. The van der Waals surface area contributed by atoms with Crippen LogP contribution in [0.1, 0.15) is 17.3 Å². The maximum absolute atomic E-state index is 13.9. The second kappa shape index (κ2) is 6.99. The second-order valence-corrected chi connectivity index (χ2v) is 6.05. The van der Waals surface area contributed by atoms with Gasteiger partial charge in [-0.3, -0.25) is 4.79 Å². The number of hydrogen-bond acceptors (Lipinski definition) is 3. The average molecular weight is 360 g/mol. The number of nitrogens with zero attached hydrogens (tertiary/aromatic N) is 3. The fourth-order valence-corrected chi connectivity index (χ4v) is 2.98. The van der Waals surface area contributed by atoms with Crippen LogP contribution in [-0.2, 0) is 6.54 Å². The van der Waals surface area contributed by atoms with E-state index < -0.39 is 11.7 Å². The SMILES string of the molecule is CCn1ncc2c(C(=O)Nc3ccccc3F)cc(-c3ccccc3)nc21. The van der Waals surface area contributed by atoms with Gasteiger partial charge < -0.3 is 5.32 Å². The molecular formula is C21H17FN4O. The number of carbonyl (C=O) groups excluding carboxylic acids is 1. The van der Waals surface area contributed by atoms with Crippen LogP contribution in [0.2, 0.25) is 0 Å². The molecule has 0 saturated heterocycles. The van der Waals surface area contributed by atoms with Gasteiger partial charge in [-0.05, 0) is 25.1 Å². The normalized spacial score (nSPS) is 10.9. The van der Waals surface area contributed by atoms with E-state index in [9.17, 15) is 9.18 Å². The quantitative estimate of drug-likeness (QED) is 0.582. The van der Waals surface area contributed by atoms with Crippen LogP contribution < -0.4 is 5.32 Å². The number of halogens is 1. The minimum Gasteiger partial charge on any atom is -0.319 e. The third-order valence-corrected chi connectivity index (χ3v) is 4.34. The molecule has 0 aliphatic carbocycles. The first-order valence-electron chi connectivity index (χ1n) is 8.65. The predicted molar refractivity (Wildman–Crippen MR) is 103 cm³/mol. The van der Waals surface area contributed by atoms with Crippen LogP contribution in [0.3, 0.4) is 0 Å². The summed E-state index contributed by atoms with van der Waals surface area (Å²) in [5.41, 5.74) is 2.72. The van der Waals surface area contributed by atoms with E-state index in [1.54, 1.807) is 29.1 Å². The summed E-state index contributed by atoms with van der Waals surface area (Å²) in [7, 11) is 0. The molecule has 4 rings (SSSR count). The van der Waals surface area contributed by atoms with Crippen LogP contribution in [0.25, 0.3) is 22.3 Å². The van der Waals surface area contributed by atoms with Gasteiger partial charge in [-0.25, -0.2) is 14.1 Å². The molecule has 134 valence electrons. The van der Waals surface area contributed by atoms with Gasteiger partial charge in [0.05, 0.1) is 28.5 Å². The minimum atomic E-state index is -0.483. The molecule has 0 aliphatic rings. The summed E-state index contributed by atoms with van der Waals surface area (Å²) in [5.74, 6) is -0.885. The zero-order valence-corrected chi connectivity index (χ0v) is 14.7. The van der Waals surface area contributed by atoms with Crippen molar-refractivity contribution in [2.75, 3.05) is 5.32 Å². The number of amides is 1. The summed E-state index contributed by atoms with van der Waals surface area (Å²) >= 11 is 0. The van der Waals surface area contributed by atoms with Gasteiger partial charge >= 0.3 is 0 Å². The first-order chi connectivity index (χ1) is 13.2. The molecule has 4 aromatic rings. The van der Waals surface area contributed by atoms with Crippen LogP contribution >= 0.6 is 0 Å². The van der Waals surface area contributed by atoms with E-state index in [-0.39, 0.29) is 5.69 Å². The van der Waals surface area contributed by atoms with Crippen molar-refractivity contribution >= 4 is 22.6 Å². The average Bonchev–Trinajstić information content (AvgIpc) is 3.12. The highest BCUT2D eigenvalue weighted by Crippen LogP contribution is 2.26. The van der Waals surface area contributed by atoms with Gasteiger partial charge in [0.1, 0.15) is 5.82 Å². The fraction of sp³-hybridized carbons (Fsp3) is 0.0952. The molecule has 6 heteroatoms. The zero-order valence-electron chi connectivity index (χ0n) is 14.7. The molecule has 0 atom stereocenters. The van der Waals surface area contributed by atoms with Crippen LogP contribution in [-0.4, -0.2) is 20.7 Å². The molecule has 0 aliphatic heterocycles. The third-order valence-electron chi connectivity index (χ3n) is 4.34. The lowest BCUT2D eigenvalue weighted by Crippen LogP contribution is -2.14. The Morgan fingerprint density at radius 3 is 2.59 bits per heavy atom. The molecule has 0 radical (unpaired) electrons. The Hall–Kier alpha value is -3.54. The molecule has 2 aromatic carbocycles. The fourth-order valence-electron chi connectivity index (χ4n) is 2.98. The van der Waals surface area contributed by atoms with Crippen molar-refractivity contribution in [3.63, 3.8) is 0 Å². The molecule has 0 spiro atoms. The number of fused-ring (bicyclic) bond motifs is 1. The first-order valence-corrected chi connectivity index (χ1v) is 8.65. The van der Waals surface area contributed by atoms with E-state index in [4.69, 9.17) is 4.98 Å². The first kappa shape index (κ1) is 16.9. The maximum Gasteiger partial charge on any atom is 0.256 e. The van der Waals surface area contributed by atoms with Crippen LogP contribution in [0, 0.1) is 5.82 Å². The van der Waals surface area contributed by atoms with Crippen LogP contribution in [0.5, 0.6) is 0 Å². The number of aromatic nitrogens is 3. The molecular weight excluding hydrogens is 343 g/mol. The van der Waals surface area contributed by atoms with Crippen molar-refractivity contribution in [2.24, 2.45) is 0 Å². The summed E-state index contributed by atoms with van der Waals surface area (Å²) in [4.78, 5) is 17.6. The van der Waals surface area contributed by atoms with Crippen molar-refractivity contribution in [1.82, 2.24) is 14.8 Å². The van der Waals surface area contributed by atoms with E-state index in [1.165, 1.54) is 12.1 Å². The van der Waals surface area contributed by atoms with E-state index in [1.807, 2.05) is 37.3 Å². The van der Waals surface area contributed by atoms with Crippen molar-refractivity contribution < 1.29 is 9.18 Å². The maximum atomic E-state index is 13.9. The summed E-state index contributed by atoms with van der Waals surface area (Å²) in [6.07, 6.45) is 1.62. The van der Waals surface area contributed by atoms with Gasteiger partial charge in [-0.2, -0.15) is 5.10 Å². The highest BCUT2D eigenvalue weighted by molar-refractivity contribution is 6.12. The Bertz CT molecular complexity index is 1120. The van der Waals surface area contributed by atoms with E-state index in [0.29, 0.717) is 28.8 Å². The van der Waals surface area contributed by atoms with E-state index in [0.717, 1.165) is 5.56 Å².